The minimum Gasteiger partial charge on any atom is -0.449 e. The Balaban J connectivity index is 2.39. The van der Waals surface area contributed by atoms with Crippen molar-refractivity contribution in [3.8, 4) is 0 Å². The molecular weight excluding hydrogens is 312 g/mol. The molecule has 1 aromatic carbocycles. The molecule has 0 N–H and O–H groups in total. The molecule has 0 aromatic heterocycles. The summed E-state index contributed by atoms with van der Waals surface area (Å²) in [6, 6.07) is 4.77. The Morgan fingerprint density at radius 2 is 0.850 bits per heavy atom. The number of fused-ring (bicyclic) bond motifs is 3. The highest BCUT2D eigenvalue weighted by atomic mass is 28.4. The van der Waals surface area contributed by atoms with Gasteiger partial charge in [-0.3, -0.25) is 0 Å². The summed E-state index contributed by atoms with van der Waals surface area (Å²) in [6.45, 7) is 18.9. The van der Waals surface area contributed by atoms with Crippen LogP contribution in [0.25, 0.3) is 0 Å². The monoisotopic (exact) mass is 338 g/mol. The van der Waals surface area contributed by atoms with E-state index in [0.717, 1.165) is 0 Å². The molecule has 2 aliphatic heterocycles. The average Bonchev–Trinajstić information content (AvgIpc) is 2.53. The van der Waals surface area contributed by atoms with Crippen LogP contribution in [0, 0.1) is 0 Å². The highest BCUT2D eigenvalue weighted by Crippen LogP contribution is 2.26. The number of rotatable bonds is 0. The molecule has 0 amide bonds. The van der Waals surface area contributed by atoms with Crippen molar-refractivity contribution in [2.45, 2.75) is 52.4 Å². The Bertz CT molecular complexity index is 552. The Morgan fingerprint density at radius 3 is 1.15 bits per heavy atom. The average molecular weight is 339 g/mol. The third kappa shape index (κ3) is 1.85. The molecule has 0 aliphatic carbocycles. The Hall–Kier alpha value is 0.00753. The summed E-state index contributed by atoms with van der Waals surface area (Å²) in [4.78, 5) is 0. The smallest absolute Gasteiger partial charge is 0.206 e. The van der Waals surface area contributed by atoms with E-state index in [9.17, 15) is 0 Å². The van der Waals surface area contributed by atoms with Crippen molar-refractivity contribution in [2.75, 3.05) is 0 Å². The second kappa shape index (κ2) is 3.85. The molecule has 0 radical (unpaired) electrons. The third-order valence-electron chi connectivity index (χ3n) is 4.73. The number of hydrogen-bond acceptors (Lipinski definition) is 2. The van der Waals surface area contributed by atoms with Gasteiger partial charge in [0.2, 0.25) is 33.3 Å². The standard InChI is InChI=1S/C14H26O2Si4/c1-17(2)11-9-10-12-14(13(11)19(5,6)15-17)20(7,8)16-18(12,3)4/h9-10H,1-8H3. The van der Waals surface area contributed by atoms with Crippen LogP contribution < -0.4 is 20.7 Å². The normalized spacial score (nSPS) is 27.2. The van der Waals surface area contributed by atoms with Crippen molar-refractivity contribution in [1.29, 1.82) is 0 Å². The second-order valence-electron chi connectivity index (χ2n) is 8.16. The summed E-state index contributed by atoms with van der Waals surface area (Å²) >= 11 is 0. The summed E-state index contributed by atoms with van der Waals surface area (Å²) in [6.07, 6.45) is 0. The van der Waals surface area contributed by atoms with E-state index < -0.39 is 33.3 Å². The van der Waals surface area contributed by atoms with Crippen LogP contribution in [0.2, 0.25) is 52.4 Å². The van der Waals surface area contributed by atoms with E-state index in [-0.39, 0.29) is 0 Å². The first-order valence-corrected chi connectivity index (χ1v) is 19.1. The topological polar surface area (TPSA) is 18.5 Å². The van der Waals surface area contributed by atoms with Crippen LogP contribution in [0.3, 0.4) is 0 Å². The van der Waals surface area contributed by atoms with Gasteiger partial charge < -0.3 is 8.23 Å². The lowest BCUT2D eigenvalue weighted by molar-refractivity contribution is 0.580. The van der Waals surface area contributed by atoms with Crippen molar-refractivity contribution >= 4 is 54.0 Å². The molecule has 2 nitrogen and oxygen atoms in total. The molecule has 3 rings (SSSR count). The second-order valence-corrected chi connectivity index (χ2v) is 23.9. The zero-order chi connectivity index (χ0) is 15.1. The summed E-state index contributed by atoms with van der Waals surface area (Å²) in [5.74, 6) is 0. The van der Waals surface area contributed by atoms with E-state index >= 15 is 0 Å². The van der Waals surface area contributed by atoms with Gasteiger partial charge in [-0.2, -0.15) is 0 Å². The summed E-state index contributed by atoms with van der Waals surface area (Å²) < 4.78 is 13.3. The molecule has 110 valence electrons. The van der Waals surface area contributed by atoms with Gasteiger partial charge in [0.05, 0.1) is 0 Å². The van der Waals surface area contributed by atoms with Crippen LogP contribution in [0.5, 0.6) is 0 Å². The van der Waals surface area contributed by atoms with Crippen LogP contribution >= 0.6 is 0 Å². The molecule has 1 aromatic rings. The van der Waals surface area contributed by atoms with Crippen molar-refractivity contribution in [1.82, 2.24) is 0 Å². The maximum Gasteiger partial charge on any atom is 0.206 e. The van der Waals surface area contributed by atoms with Gasteiger partial charge in [0.25, 0.3) is 0 Å². The molecular formula is C14H26O2Si4. The molecule has 0 fully saturated rings. The fourth-order valence-corrected chi connectivity index (χ4v) is 27.3. The highest BCUT2D eigenvalue weighted by Gasteiger charge is 2.55. The van der Waals surface area contributed by atoms with Crippen LogP contribution in [0.15, 0.2) is 12.1 Å². The highest BCUT2D eigenvalue weighted by molar-refractivity contribution is 7.13. The molecule has 0 unspecified atom stereocenters. The van der Waals surface area contributed by atoms with E-state index in [4.69, 9.17) is 8.23 Å². The Morgan fingerprint density at radius 1 is 0.550 bits per heavy atom. The van der Waals surface area contributed by atoms with Crippen molar-refractivity contribution < 1.29 is 8.23 Å². The fraction of sp³-hybridized carbons (Fsp3) is 0.571. The maximum atomic E-state index is 6.65. The summed E-state index contributed by atoms with van der Waals surface area (Å²) in [7, 11) is -6.94. The summed E-state index contributed by atoms with van der Waals surface area (Å²) in [5, 5.41) is 6.37. The molecule has 20 heavy (non-hydrogen) atoms. The predicted octanol–water partition coefficient (Wildman–Crippen LogP) is 1.40. The number of hydrogen-bond donors (Lipinski definition) is 0. The lowest BCUT2D eigenvalue weighted by Crippen LogP contribution is -2.63. The van der Waals surface area contributed by atoms with E-state index in [1.54, 1.807) is 20.7 Å². The fourth-order valence-electron chi connectivity index (χ4n) is 4.34. The van der Waals surface area contributed by atoms with Gasteiger partial charge in [0.15, 0.2) is 0 Å². The van der Waals surface area contributed by atoms with Crippen molar-refractivity contribution in [3.63, 3.8) is 0 Å². The first-order valence-electron chi connectivity index (χ1n) is 7.48. The summed E-state index contributed by atoms with van der Waals surface area (Å²) in [5.41, 5.74) is 0. The molecule has 0 bridgehead atoms. The molecule has 2 heterocycles. The van der Waals surface area contributed by atoms with Gasteiger partial charge in [-0.1, -0.05) is 12.1 Å². The van der Waals surface area contributed by atoms with Crippen molar-refractivity contribution in [3.05, 3.63) is 12.1 Å². The van der Waals surface area contributed by atoms with Gasteiger partial charge in [0, 0.05) is 0 Å². The molecule has 0 atom stereocenters. The van der Waals surface area contributed by atoms with Gasteiger partial charge >= 0.3 is 0 Å². The molecule has 2 aliphatic rings. The van der Waals surface area contributed by atoms with Crippen LogP contribution in [0.4, 0.5) is 0 Å². The Labute approximate surface area is 127 Å². The quantitative estimate of drug-likeness (QED) is 0.666. The van der Waals surface area contributed by atoms with Crippen LogP contribution in [0.1, 0.15) is 0 Å². The van der Waals surface area contributed by atoms with Crippen LogP contribution in [-0.4, -0.2) is 33.3 Å². The van der Waals surface area contributed by atoms with Gasteiger partial charge in [0.1, 0.15) is 0 Å². The minimum atomic E-state index is -1.77. The van der Waals surface area contributed by atoms with Gasteiger partial charge in [-0.05, 0) is 73.1 Å². The first kappa shape index (κ1) is 14.9. The molecule has 0 spiro atoms. The largest absolute Gasteiger partial charge is 0.449 e. The zero-order valence-electron chi connectivity index (χ0n) is 14.0. The minimum absolute atomic E-state index is 1.56. The van der Waals surface area contributed by atoms with E-state index in [0.29, 0.717) is 0 Å². The Kier molecular flexibility index (Phi) is 2.87. The predicted molar refractivity (Wildman–Crippen MR) is 97.1 cm³/mol. The van der Waals surface area contributed by atoms with E-state index in [1.807, 2.05) is 0 Å². The van der Waals surface area contributed by atoms with Crippen LogP contribution in [-0.2, 0) is 8.23 Å². The molecule has 0 saturated heterocycles. The maximum absolute atomic E-state index is 6.65. The molecule has 0 saturated carbocycles. The lowest BCUT2D eigenvalue weighted by Gasteiger charge is -2.26. The van der Waals surface area contributed by atoms with Gasteiger partial charge in [-0.15, -0.1) is 0 Å². The number of benzene rings is 1. The zero-order valence-corrected chi connectivity index (χ0v) is 18.0. The van der Waals surface area contributed by atoms with Gasteiger partial charge in [-0.25, -0.2) is 0 Å². The molecule has 6 heteroatoms. The third-order valence-corrected chi connectivity index (χ3v) is 20.5. The van der Waals surface area contributed by atoms with E-state index in [2.05, 4.69) is 64.5 Å². The first-order chi connectivity index (χ1) is 8.89. The van der Waals surface area contributed by atoms with Crippen molar-refractivity contribution in [2.24, 2.45) is 0 Å². The van der Waals surface area contributed by atoms with E-state index in [1.165, 1.54) is 0 Å². The lowest BCUT2D eigenvalue weighted by atomic mass is 10.3. The SMILES string of the molecule is C[Si]1(C)O[Si](C)(C)c2c1ccc1c2[Si](C)(C)O[Si]1(C)C.